The van der Waals surface area contributed by atoms with Crippen molar-refractivity contribution >= 4 is 36.0 Å². The van der Waals surface area contributed by atoms with Gasteiger partial charge in [-0.15, -0.1) is 4.13 Å². The van der Waals surface area contributed by atoms with Crippen LogP contribution < -0.4 is 8.85 Å². The van der Waals surface area contributed by atoms with Gasteiger partial charge in [-0.05, 0) is 13.8 Å². The fourth-order valence-corrected chi connectivity index (χ4v) is 4.76. The minimum absolute atomic E-state index is 0.00454. The van der Waals surface area contributed by atoms with E-state index in [1.807, 2.05) is 0 Å². The molecule has 1 amide bonds. The maximum atomic E-state index is 13.7. The molecule has 0 unspecified atom stereocenters. The van der Waals surface area contributed by atoms with Gasteiger partial charge in [-0.25, -0.2) is 21.6 Å². The van der Waals surface area contributed by atoms with Gasteiger partial charge in [-0.2, -0.15) is 40.0 Å². The Bertz CT molecular complexity index is 1010. The van der Waals surface area contributed by atoms with Crippen LogP contribution in [0.3, 0.4) is 0 Å². The molecule has 0 aromatic carbocycles. The minimum Gasteiger partial charge on any atom is -0.272 e. The Labute approximate surface area is 155 Å². The minimum atomic E-state index is -7.28. The lowest BCUT2D eigenvalue weighted by atomic mass is 9.95. The van der Waals surface area contributed by atoms with Crippen LogP contribution in [0.2, 0.25) is 0 Å². The Hall–Kier alpha value is -1.65. The van der Waals surface area contributed by atoms with Crippen LogP contribution in [0.15, 0.2) is 0 Å². The molecule has 19 heteroatoms. The molecule has 0 saturated heterocycles. The first kappa shape index (κ1) is 26.4. The molecular weight excluding hydrogens is 472 g/mol. The number of carbonyl (C=O) groups excluding carboxylic acids is 1. The number of hydrogen-bond acceptors (Lipinski definition) is 8. The second kappa shape index (κ2) is 7.00. The molecule has 0 saturated carbocycles. The lowest BCUT2D eigenvalue weighted by Gasteiger charge is -2.31. The highest BCUT2D eigenvalue weighted by atomic mass is 32.3. The fourth-order valence-electron chi connectivity index (χ4n) is 1.12. The molecule has 2 N–H and O–H groups in total. The average Bonchev–Trinajstić information content (AvgIpc) is 2.43. The van der Waals surface area contributed by atoms with Crippen molar-refractivity contribution in [1.82, 2.24) is 8.85 Å². The standard InChI is InChI=1S/C9H11F6N3O7S3/c1-6(2,4-16)5(19)17-27(22,23)8(12,13)7(10,11)9(14,15)28(24,25)18-26(3,20)21/h18H,1-3H3,(H,17,19). The molecule has 28 heavy (non-hydrogen) atoms. The summed E-state index contributed by atoms with van der Waals surface area (Å²) < 4.78 is 149. The normalized spacial score (nSPS) is 15.0. The first-order valence-electron chi connectivity index (χ1n) is 6.24. The summed E-state index contributed by atoms with van der Waals surface area (Å²) in [6.45, 7) is 1.31. The molecule has 10 nitrogen and oxygen atoms in total. The summed E-state index contributed by atoms with van der Waals surface area (Å²) in [5.41, 5.74) is -2.40. The molecule has 0 rings (SSSR count). The second-order valence-electron chi connectivity index (χ2n) is 5.64. The van der Waals surface area contributed by atoms with Crippen LogP contribution in [0.1, 0.15) is 13.8 Å². The van der Waals surface area contributed by atoms with Gasteiger partial charge in [0, 0.05) is 0 Å². The first-order chi connectivity index (χ1) is 11.9. The topological polar surface area (TPSA) is 167 Å². The predicted octanol–water partition coefficient (Wildman–Crippen LogP) is -0.318. The van der Waals surface area contributed by atoms with Crippen molar-refractivity contribution in [2.45, 2.75) is 30.3 Å². The van der Waals surface area contributed by atoms with Crippen LogP contribution >= 0.6 is 0 Å². The zero-order valence-corrected chi connectivity index (χ0v) is 16.2. The van der Waals surface area contributed by atoms with E-state index in [9.17, 15) is 56.4 Å². The van der Waals surface area contributed by atoms with Crippen LogP contribution in [0.25, 0.3) is 0 Å². The van der Waals surface area contributed by atoms with Gasteiger partial charge in [0.25, 0.3) is 15.9 Å². The van der Waals surface area contributed by atoms with Crippen LogP contribution in [0.5, 0.6) is 0 Å². The lowest BCUT2D eigenvalue weighted by Crippen LogP contribution is -2.65. The van der Waals surface area contributed by atoms with Gasteiger partial charge in [0.05, 0.1) is 12.3 Å². The molecule has 0 fully saturated rings. The van der Waals surface area contributed by atoms with E-state index < -0.39 is 57.8 Å². The summed E-state index contributed by atoms with van der Waals surface area (Å²) in [6, 6.07) is 1.10. The summed E-state index contributed by atoms with van der Waals surface area (Å²) in [5.74, 6) is -9.40. The van der Waals surface area contributed by atoms with Gasteiger partial charge in [-0.3, -0.25) is 4.79 Å². The van der Waals surface area contributed by atoms with E-state index in [4.69, 9.17) is 5.26 Å². The van der Waals surface area contributed by atoms with Gasteiger partial charge < -0.3 is 0 Å². The molecule has 0 aromatic heterocycles. The maximum absolute atomic E-state index is 13.7. The van der Waals surface area contributed by atoms with E-state index in [0.29, 0.717) is 13.8 Å². The van der Waals surface area contributed by atoms with Crippen molar-refractivity contribution in [3.8, 4) is 6.07 Å². The maximum Gasteiger partial charge on any atom is 0.433 e. The molecular formula is C9H11F6N3O7S3. The number of halogens is 6. The summed E-state index contributed by atoms with van der Waals surface area (Å²) in [7, 11) is -19.4. The smallest absolute Gasteiger partial charge is 0.272 e. The highest BCUT2D eigenvalue weighted by Crippen LogP contribution is 2.50. The predicted molar refractivity (Wildman–Crippen MR) is 78.2 cm³/mol. The third-order valence-electron chi connectivity index (χ3n) is 2.74. The number of sulfonamides is 3. The molecule has 0 heterocycles. The van der Waals surface area contributed by atoms with Crippen LogP contribution in [-0.2, 0) is 34.9 Å². The van der Waals surface area contributed by atoms with E-state index >= 15 is 0 Å². The van der Waals surface area contributed by atoms with E-state index in [1.54, 1.807) is 0 Å². The highest BCUT2D eigenvalue weighted by Gasteiger charge is 2.82. The number of rotatable bonds is 8. The second-order valence-corrected chi connectivity index (χ2v) is 11.1. The van der Waals surface area contributed by atoms with Gasteiger partial charge in [0.1, 0.15) is 5.41 Å². The molecule has 0 spiro atoms. The number of nitrogens with zero attached hydrogens (tertiary/aromatic N) is 1. The number of amides is 1. The van der Waals surface area contributed by atoms with Crippen molar-refractivity contribution < 1.29 is 56.4 Å². The monoisotopic (exact) mass is 483 g/mol. The van der Waals surface area contributed by atoms with E-state index in [0.717, 1.165) is 6.07 Å². The summed E-state index contributed by atoms with van der Waals surface area (Å²) in [6.07, 6.45) is -0.0994. The van der Waals surface area contributed by atoms with Gasteiger partial charge >= 0.3 is 26.5 Å². The summed E-state index contributed by atoms with van der Waals surface area (Å²) >= 11 is 0. The van der Waals surface area contributed by atoms with Gasteiger partial charge in [0.15, 0.2) is 0 Å². The third-order valence-corrected chi connectivity index (χ3v) is 7.15. The fraction of sp³-hybridized carbons (Fsp3) is 0.778. The Morgan fingerprint density at radius 2 is 1.21 bits per heavy atom. The van der Waals surface area contributed by atoms with E-state index in [-0.39, 0.29) is 15.1 Å². The van der Waals surface area contributed by atoms with Gasteiger partial charge in [-0.1, -0.05) is 0 Å². The van der Waals surface area contributed by atoms with Crippen molar-refractivity contribution in [1.29, 1.82) is 5.26 Å². The number of nitriles is 1. The molecule has 0 radical (unpaired) electrons. The zero-order chi connectivity index (χ0) is 23.2. The molecule has 0 bridgehead atoms. The zero-order valence-electron chi connectivity index (χ0n) is 13.8. The molecule has 0 aromatic rings. The van der Waals surface area contributed by atoms with Crippen LogP contribution in [-0.4, -0.2) is 53.8 Å². The summed E-state index contributed by atoms with van der Waals surface area (Å²) in [4.78, 5) is 11.4. The van der Waals surface area contributed by atoms with Crippen molar-refractivity contribution in [3.63, 3.8) is 0 Å². The van der Waals surface area contributed by atoms with E-state index in [2.05, 4.69) is 0 Å². The first-order valence-corrected chi connectivity index (χ1v) is 11.1. The largest absolute Gasteiger partial charge is 0.433 e. The Balaban J connectivity index is 6.39. The van der Waals surface area contributed by atoms with Crippen LogP contribution in [0.4, 0.5) is 26.3 Å². The quantitative estimate of drug-likeness (QED) is 0.443. The summed E-state index contributed by atoms with van der Waals surface area (Å²) in [5, 5.41) is -5.39. The number of carbonyl (C=O) groups is 1. The Morgan fingerprint density at radius 3 is 1.54 bits per heavy atom. The average molecular weight is 483 g/mol. The van der Waals surface area contributed by atoms with Crippen molar-refractivity contribution in [2.24, 2.45) is 5.41 Å². The number of nitrogens with one attached hydrogen (secondary N) is 2. The van der Waals surface area contributed by atoms with Crippen molar-refractivity contribution in [2.75, 3.05) is 6.26 Å². The number of hydrogen-bond donors (Lipinski definition) is 2. The molecule has 0 atom stereocenters. The lowest BCUT2D eigenvalue weighted by molar-refractivity contribution is -0.244. The molecule has 0 aliphatic carbocycles. The Morgan fingerprint density at radius 1 is 0.857 bits per heavy atom. The highest BCUT2D eigenvalue weighted by molar-refractivity contribution is 8.05. The Kier molecular flexibility index (Phi) is 6.58. The molecule has 164 valence electrons. The SMILES string of the molecule is CC(C)(C#N)C(=O)NS(=O)(=O)C(F)(F)C(F)(F)C(F)(F)S(=O)(=O)NS(C)(=O)=O. The molecule has 0 aliphatic rings. The number of alkyl halides is 6. The van der Waals surface area contributed by atoms with Gasteiger partial charge in [0.2, 0.25) is 10.0 Å². The van der Waals surface area contributed by atoms with Crippen LogP contribution in [0, 0.1) is 16.7 Å². The molecule has 0 aliphatic heterocycles. The van der Waals surface area contributed by atoms with Crippen molar-refractivity contribution in [3.05, 3.63) is 0 Å². The third kappa shape index (κ3) is 4.49. The van der Waals surface area contributed by atoms with E-state index in [1.165, 1.54) is 0 Å².